The quantitative estimate of drug-likeness (QED) is 0.287. The Morgan fingerprint density at radius 1 is 1.16 bits per heavy atom. The van der Waals surface area contributed by atoms with Gasteiger partial charge in [0.1, 0.15) is 11.6 Å². The molecule has 176 valence electrons. The van der Waals surface area contributed by atoms with Gasteiger partial charge in [0.15, 0.2) is 5.96 Å². The molecule has 0 saturated carbocycles. The molecule has 0 atom stereocenters. The molecule has 1 aromatic heterocycles. The molecule has 32 heavy (non-hydrogen) atoms. The van der Waals surface area contributed by atoms with Gasteiger partial charge in [-0.05, 0) is 48.4 Å². The van der Waals surface area contributed by atoms with E-state index in [2.05, 4.69) is 43.4 Å². The summed E-state index contributed by atoms with van der Waals surface area (Å²) in [6.45, 7) is 8.98. The van der Waals surface area contributed by atoms with Crippen molar-refractivity contribution < 1.29 is 4.74 Å². The number of guanidine groups is 1. The predicted octanol–water partition coefficient (Wildman–Crippen LogP) is 3.41. The summed E-state index contributed by atoms with van der Waals surface area (Å²) in [5.41, 5.74) is 2.26. The molecule has 3 rings (SSSR count). The van der Waals surface area contributed by atoms with Crippen LogP contribution in [-0.4, -0.2) is 69.3 Å². The number of hydrogen-bond donors (Lipinski definition) is 2. The molecule has 2 heterocycles. The fraction of sp³-hybridized carbons (Fsp3) is 0.478. The van der Waals surface area contributed by atoms with E-state index in [1.54, 1.807) is 14.2 Å². The zero-order valence-corrected chi connectivity index (χ0v) is 22.2. The maximum Gasteiger partial charge on any atom is 0.191 e. The Morgan fingerprint density at radius 2 is 1.94 bits per heavy atom. The summed E-state index contributed by atoms with van der Waals surface area (Å²) < 4.78 is 5.20. The molecule has 1 aromatic carbocycles. The third-order valence-corrected chi connectivity index (χ3v) is 5.94. The van der Waals surface area contributed by atoms with Gasteiger partial charge in [0, 0.05) is 57.5 Å². The SMILES string of the molecule is CCN1CCN(c2cc(CNC(=NC)NCCc3ccc(OC)cc3Cl)ccn2)CC1.I. The molecule has 7 nitrogen and oxygen atoms in total. The Morgan fingerprint density at radius 3 is 2.59 bits per heavy atom. The lowest BCUT2D eigenvalue weighted by molar-refractivity contribution is 0.270. The zero-order valence-electron chi connectivity index (χ0n) is 19.1. The summed E-state index contributed by atoms with van der Waals surface area (Å²) in [6, 6.07) is 9.98. The molecule has 0 bridgehead atoms. The van der Waals surface area contributed by atoms with Gasteiger partial charge in [-0.15, -0.1) is 24.0 Å². The highest BCUT2D eigenvalue weighted by atomic mass is 127. The molecule has 1 fully saturated rings. The van der Waals surface area contributed by atoms with Crippen LogP contribution < -0.4 is 20.3 Å². The summed E-state index contributed by atoms with van der Waals surface area (Å²) >= 11 is 6.33. The number of ether oxygens (including phenoxy) is 1. The first-order valence-corrected chi connectivity index (χ1v) is 11.2. The van der Waals surface area contributed by atoms with Crippen LogP contribution in [0.25, 0.3) is 0 Å². The second kappa shape index (κ2) is 13.7. The molecular formula is C23H34ClIN6O. The lowest BCUT2D eigenvalue weighted by Gasteiger charge is -2.34. The number of nitrogens with zero attached hydrogens (tertiary/aromatic N) is 4. The van der Waals surface area contributed by atoms with Crippen molar-refractivity contribution in [1.82, 2.24) is 20.5 Å². The highest BCUT2D eigenvalue weighted by Crippen LogP contribution is 2.22. The molecule has 0 unspecified atom stereocenters. The standard InChI is InChI=1S/C23H33ClN6O.HI/c1-4-29-11-13-30(14-12-29)22-15-18(7-9-26-22)17-28-23(25-2)27-10-8-19-5-6-20(31-3)16-21(19)24;/h5-7,9,15-16H,4,8,10-14,17H2,1-3H3,(H2,25,27,28);1H. The van der Waals surface area contributed by atoms with Crippen molar-refractivity contribution in [3.63, 3.8) is 0 Å². The van der Waals surface area contributed by atoms with Gasteiger partial charge in [0.05, 0.1) is 7.11 Å². The molecule has 2 N–H and O–H groups in total. The minimum absolute atomic E-state index is 0. The largest absolute Gasteiger partial charge is 0.497 e. The average molecular weight is 573 g/mol. The van der Waals surface area contributed by atoms with E-state index in [-0.39, 0.29) is 24.0 Å². The van der Waals surface area contributed by atoms with Crippen molar-refractivity contribution >= 4 is 47.4 Å². The molecule has 0 amide bonds. The average Bonchev–Trinajstić information content (AvgIpc) is 2.82. The van der Waals surface area contributed by atoms with Crippen molar-refractivity contribution in [1.29, 1.82) is 0 Å². The van der Waals surface area contributed by atoms with Gasteiger partial charge < -0.3 is 25.2 Å². The van der Waals surface area contributed by atoms with Crippen molar-refractivity contribution in [2.45, 2.75) is 19.9 Å². The number of methoxy groups -OCH3 is 1. The lowest BCUT2D eigenvalue weighted by atomic mass is 10.1. The van der Waals surface area contributed by atoms with Crippen LogP contribution in [0.4, 0.5) is 5.82 Å². The predicted molar refractivity (Wildman–Crippen MR) is 144 cm³/mol. The highest BCUT2D eigenvalue weighted by Gasteiger charge is 2.16. The van der Waals surface area contributed by atoms with Gasteiger partial charge in [0.2, 0.25) is 0 Å². The summed E-state index contributed by atoms with van der Waals surface area (Å²) in [7, 11) is 3.42. The summed E-state index contributed by atoms with van der Waals surface area (Å²) in [4.78, 5) is 13.7. The van der Waals surface area contributed by atoms with E-state index >= 15 is 0 Å². The number of aliphatic imine (C=N–C) groups is 1. The first-order chi connectivity index (χ1) is 15.1. The number of halogens is 2. The molecule has 9 heteroatoms. The Kier molecular flexibility index (Phi) is 11.3. The monoisotopic (exact) mass is 572 g/mol. The number of pyridine rings is 1. The number of anilines is 1. The van der Waals surface area contributed by atoms with Crippen LogP contribution in [0.2, 0.25) is 5.02 Å². The van der Waals surface area contributed by atoms with Crippen LogP contribution in [-0.2, 0) is 13.0 Å². The number of rotatable bonds is 8. The van der Waals surface area contributed by atoms with E-state index in [0.29, 0.717) is 11.6 Å². The first kappa shape index (κ1) is 26.5. The van der Waals surface area contributed by atoms with Crippen LogP contribution in [0, 0.1) is 0 Å². The summed E-state index contributed by atoms with van der Waals surface area (Å²) in [5.74, 6) is 2.58. The fourth-order valence-corrected chi connectivity index (χ4v) is 3.88. The number of likely N-dealkylation sites (N-methyl/N-ethyl adjacent to an activating group) is 1. The van der Waals surface area contributed by atoms with E-state index in [0.717, 1.165) is 68.8 Å². The third kappa shape index (κ3) is 7.67. The highest BCUT2D eigenvalue weighted by molar-refractivity contribution is 14.0. The maximum atomic E-state index is 6.33. The maximum absolute atomic E-state index is 6.33. The smallest absolute Gasteiger partial charge is 0.191 e. The summed E-state index contributed by atoms with van der Waals surface area (Å²) in [5, 5.41) is 7.45. The Hall–Kier alpha value is -1.78. The number of piperazine rings is 1. The molecular weight excluding hydrogens is 539 g/mol. The van der Waals surface area contributed by atoms with E-state index in [1.165, 1.54) is 5.56 Å². The normalized spacial score (nSPS) is 14.6. The van der Waals surface area contributed by atoms with Crippen LogP contribution in [0.5, 0.6) is 5.75 Å². The molecule has 0 aliphatic carbocycles. The van der Waals surface area contributed by atoms with Gasteiger partial charge in [-0.25, -0.2) is 4.98 Å². The van der Waals surface area contributed by atoms with E-state index in [4.69, 9.17) is 16.3 Å². The van der Waals surface area contributed by atoms with E-state index in [1.807, 2.05) is 30.5 Å². The Labute approximate surface area is 213 Å². The topological polar surface area (TPSA) is 65.0 Å². The number of benzene rings is 1. The molecule has 0 spiro atoms. The zero-order chi connectivity index (χ0) is 22.1. The number of nitrogens with one attached hydrogen (secondary N) is 2. The van der Waals surface area contributed by atoms with Crippen LogP contribution in [0.3, 0.4) is 0 Å². The minimum atomic E-state index is 0. The number of hydrogen-bond acceptors (Lipinski definition) is 5. The number of aromatic nitrogens is 1. The van der Waals surface area contributed by atoms with Crippen LogP contribution in [0.1, 0.15) is 18.1 Å². The Balaban J connectivity index is 0.00000363. The molecule has 0 radical (unpaired) electrons. The van der Waals surface area contributed by atoms with Gasteiger partial charge in [-0.2, -0.15) is 0 Å². The second-order valence-corrected chi connectivity index (χ2v) is 7.91. The van der Waals surface area contributed by atoms with Gasteiger partial charge in [-0.3, -0.25) is 4.99 Å². The molecule has 1 aliphatic rings. The van der Waals surface area contributed by atoms with Crippen molar-refractivity contribution in [2.75, 3.05) is 58.3 Å². The van der Waals surface area contributed by atoms with E-state index < -0.39 is 0 Å². The fourth-order valence-electron chi connectivity index (χ4n) is 3.62. The second-order valence-electron chi connectivity index (χ2n) is 7.50. The van der Waals surface area contributed by atoms with Crippen molar-refractivity contribution in [2.24, 2.45) is 4.99 Å². The van der Waals surface area contributed by atoms with Gasteiger partial charge in [-0.1, -0.05) is 24.6 Å². The van der Waals surface area contributed by atoms with Crippen molar-refractivity contribution in [3.05, 3.63) is 52.7 Å². The minimum Gasteiger partial charge on any atom is -0.497 e. The Bertz CT molecular complexity index is 873. The van der Waals surface area contributed by atoms with Gasteiger partial charge in [0.25, 0.3) is 0 Å². The lowest BCUT2D eigenvalue weighted by Crippen LogP contribution is -2.46. The van der Waals surface area contributed by atoms with Crippen LogP contribution >= 0.6 is 35.6 Å². The summed E-state index contributed by atoms with van der Waals surface area (Å²) in [6.07, 6.45) is 2.69. The first-order valence-electron chi connectivity index (χ1n) is 10.8. The third-order valence-electron chi connectivity index (χ3n) is 5.58. The molecule has 1 saturated heterocycles. The molecule has 1 aliphatic heterocycles. The molecule has 2 aromatic rings. The van der Waals surface area contributed by atoms with Gasteiger partial charge >= 0.3 is 0 Å². The van der Waals surface area contributed by atoms with Crippen LogP contribution in [0.15, 0.2) is 41.5 Å². The van der Waals surface area contributed by atoms with E-state index in [9.17, 15) is 0 Å². The van der Waals surface area contributed by atoms with Crippen molar-refractivity contribution in [3.8, 4) is 5.75 Å².